The minimum Gasteiger partial charge on any atom is -0.396 e. The zero-order valence-corrected chi connectivity index (χ0v) is 11.7. The van der Waals surface area contributed by atoms with Crippen LogP contribution in [-0.4, -0.2) is 49.5 Å². The summed E-state index contributed by atoms with van der Waals surface area (Å²) >= 11 is 0. The minimum atomic E-state index is -0.0912. The van der Waals surface area contributed by atoms with E-state index in [0.29, 0.717) is 13.2 Å². The van der Waals surface area contributed by atoms with Gasteiger partial charge in [-0.15, -0.1) is 0 Å². The van der Waals surface area contributed by atoms with Crippen LogP contribution in [0.25, 0.3) is 0 Å². The monoisotopic (exact) mass is 270 g/mol. The molecule has 2 aliphatic rings. The lowest BCUT2D eigenvalue weighted by Crippen LogP contribution is -2.48. The normalized spacial score (nSPS) is 34.6. The van der Waals surface area contributed by atoms with Gasteiger partial charge in [0.15, 0.2) is 0 Å². The highest BCUT2D eigenvalue weighted by Crippen LogP contribution is 2.26. The Bertz CT molecular complexity index is 298. The van der Waals surface area contributed by atoms with Gasteiger partial charge in [-0.25, -0.2) is 0 Å². The Labute approximate surface area is 115 Å². The fourth-order valence-electron chi connectivity index (χ4n) is 3.08. The molecule has 110 valence electrons. The Morgan fingerprint density at radius 2 is 2.16 bits per heavy atom. The Morgan fingerprint density at radius 1 is 1.32 bits per heavy atom. The molecule has 4 unspecified atom stereocenters. The van der Waals surface area contributed by atoms with Crippen LogP contribution in [0, 0.1) is 11.8 Å². The second kappa shape index (κ2) is 7.22. The lowest BCUT2D eigenvalue weighted by atomic mass is 10.00. The zero-order chi connectivity index (χ0) is 13.7. The molecule has 5 nitrogen and oxygen atoms in total. The number of carbonyl (C=O) groups is 1. The smallest absolute Gasteiger partial charge is 0.227 e. The Balaban J connectivity index is 1.84. The third-order valence-electron chi connectivity index (χ3n) is 4.30. The third-order valence-corrected chi connectivity index (χ3v) is 4.30. The first kappa shape index (κ1) is 14.8. The first-order chi connectivity index (χ1) is 9.26. The van der Waals surface area contributed by atoms with Crippen molar-refractivity contribution in [3.8, 4) is 0 Å². The van der Waals surface area contributed by atoms with E-state index in [9.17, 15) is 9.90 Å². The van der Waals surface area contributed by atoms with E-state index in [0.717, 1.165) is 32.2 Å². The van der Waals surface area contributed by atoms with Crippen LogP contribution in [0.2, 0.25) is 0 Å². The highest BCUT2D eigenvalue weighted by Gasteiger charge is 2.36. The maximum Gasteiger partial charge on any atom is 0.227 e. The van der Waals surface area contributed by atoms with Crippen molar-refractivity contribution >= 4 is 5.91 Å². The molecule has 2 fully saturated rings. The largest absolute Gasteiger partial charge is 0.396 e. The summed E-state index contributed by atoms with van der Waals surface area (Å²) in [4.78, 5) is 12.3. The summed E-state index contributed by atoms with van der Waals surface area (Å²) in [6, 6.07) is 0.277. The molecular weight excluding hydrogens is 244 g/mol. The summed E-state index contributed by atoms with van der Waals surface area (Å²) in [6.45, 7) is 4.32. The third kappa shape index (κ3) is 3.68. The molecule has 3 N–H and O–H groups in total. The van der Waals surface area contributed by atoms with Crippen LogP contribution in [0.4, 0.5) is 0 Å². The van der Waals surface area contributed by atoms with Crippen LogP contribution in [0.5, 0.6) is 0 Å². The van der Waals surface area contributed by atoms with Gasteiger partial charge in [0.25, 0.3) is 0 Å². The van der Waals surface area contributed by atoms with E-state index in [4.69, 9.17) is 4.74 Å². The molecule has 19 heavy (non-hydrogen) atoms. The van der Waals surface area contributed by atoms with Crippen LogP contribution < -0.4 is 10.6 Å². The lowest BCUT2D eigenvalue weighted by Gasteiger charge is -2.23. The number of rotatable bonds is 6. The number of nitrogens with one attached hydrogen (secondary N) is 2. The topological polar surface area (TPSA) is 70.6 Å². The molecule has 1 aliphatic heterocycles. The van der Waals surface area contributed by atoms with Gasteiger partial charge in [0.2, 0.25) is 5.91 Å². The van der Waals surface area contributed by atoms with E-state index in [2.05, 4.69) is 17.6 Å². The van der Waals surface area contributed by atoms with Crippen molar-refractivity contribution in [1.29, 1.82) is 0 Å². The second-order valence-electron chi connectivity index (χ2n) is 5.69. The van der Waals surface area contributed by atoms with Gasteiger partial charge in [0, 0.05) is 24.6 Å². The number of aliphatic hydroxyl groups is 1. The van der Waals surface area contributed by atoms with Crippen molar-refractivity contribution in [3.63, 3.8) is 0 Å². The summed E-state index contributed by atoms with van der Waals surface area (Å²) in [5.74, 6) is 0.219. The van der Waals surface area contributed by atoms with Crippen molar-refractivity contribution in [2.75, 3.05) is 26.4 Å². The molecule has 0 bridgehead atoms. The highest BCUT2D eigenvalue weighted by atomic mass is 16.5. The molecule has 0 aromatic carbocycles. The van der Waals surface area contributed by atoms with Crippen molar-refractivity contribution < 1.29 is 14.6 Å². The standard InChI is InChI=1S/C14H26N2O3/c1-2-6-15-13-9-19-8-11(13)14(18)16-12-5-3-4-10(12)7-17/h10-13,15,17H,2-9H2,1H3,(H,16,18). The van der Waals surface area contributed by atoms with Gasteiger partial charge >= 0.3 is 0 Å². The quantitative estimate of drug-likeness (QED) is 0.648. The van der Waals surface area contributed by atoms with E-state index >= 15 is 0 Å². The van der Waals surface area contributed by atoms with Gasteiger partial charge in [-0.2, -0.15) is 0 Å². The van der Waals surface area contributed by atoms with Crippen molar-refractivity contribution in [2.24, 2.45) is 11.8 Å². The molecule has 0 aromatic heterocycles. The Hall–Kier alpha value is -0.650. The molecule has 4 atom stereocenters. The summed E-state index contributed by atoms with van der Waals surface area (Å²) in [5, 5.41) is 15.8. The maximum absolute atomic E-state index is 12.3. The van der Waals surface area contributed by atoms with Crippen molar-refractivity contribution in [3.05, 3.63) is 0 Å². The molecule has 1 saturated heterocycles. The lowest BCUT2D eigenvalue weighted by molar-refractivity contribution is -0.126. The predicted octanol–water partition coefficient (Wildman–Crippen LogP) is 0.278. The molecule has 1 amide bonds. The van der Waals surface area contributed by atoms with Crippen LogP contribution in [0.1, 0.15) is 32.6 Å². The van der Waals surface area contributed by atoms with Crippen LogP contribution >= 0.6 is 0 Å². The average Bonchev–Trinajstić information content (AvgIpc) is 3.04. The fraction of sp³-hybridized carbons (Fsp3) is 0.929. The Morgan fingerprint density at radius 3 is 2.89 bits per heavy atom. The molecular formula is C14H26N2O3. The summed E-state index contributed by atoms with van der Waals surface area (Å²) in [6.07, 6.45) is 4.15. The molecule has 0 spiro atoms. The molecule has 1 saturated carbocycles. The number of amides is 1. The van der Waals surface area contributed by atoms with Crippen LogP contribution in [-0.2, 0) is 9.53 Å². The van der Waals surface area contributed by atoms with E-state index in [1.54, 1.807) is 0 Å². The molecule has 0 radical (unpaired) electrons. The van der Waals surface area contributed by atoms with E-state index < -0.39 is 0 Å². The average molecular weight is 270 g/mol. The second-order valence-corrected chi connectivity index (χ2v) is 5.69. The van der Waals surface area contributed by atoms with Gasteiger partial charge in [-0.1, -0.05) is 13.3 Å². The van der Waals surface area contributed by atoms with Crippen LogP contribution in [0.15, 0.2) is 0 Å². The molecule has 0 aromatic rings. The number of hydrogen-bond acceptors (Lipinski definition) is 4. The number of carbonyl (C=O) groups excluding carboxylic acids is 1. The van der Waals surface area contributed by atoms with Gasteiger partial charge in [0.05, 0.1) is 19.1 Å². The van der Waals surface area contributed by atoms with E-state index in [1.165, 1.54) is 0 Å². The maximum atomic E-state index is 12.3. The van der Waals surface area contributed by atoms with Gasteiger partial charge in [0.1, 0.15) is 0 Å². The first-order valence-electron chi connectivity index (χ1n) is 7.48. The number of hydrogen-bond donors (Lipinski definition) is 3. The van der Waals surface area contributed by atoms with Gasteiger partial charge < -0.3 is 20.5 Å². The zero-order valence-electron chi connectivity index (χ0n) is 11.7. The van der Waals surface area contributed by atoms with Crippen molar-refractivity contribution in [2.45, 2.75) is 44.7 Å². The van der Waals surface area contributed by atoms with Crippen molar-refractivity contribution in [1.82, 2.24) is 10.6 Å². The molecule has 1 heterocycles. The summed E-state index contributed by atoms with van der Waals surface area (Å²) < 4.78 is 5.43. The van der Waals surface area contributed by atoms with Crippen LogP contribution in [0.3, 0.4) is 0 Å². The molecule has 2 rings (SSSR count). The van der Waals surface area contributed by atoms with Gasteiger partial charge in [-0.05, 0) is 25.8 Å². The van der Waals surface area contributed by atoms with Gasteiger partial charge in [-0.3, -0.25) is 4.79 Å². The fourth-order valence-corrected chi connectivity index (χ4v) is 3.08. The molecule has 1 aliphatic carbocycles. The highest BCUT2D eigenvalue weighted by molar-refractivity contribution is 5.80. The Kier molecular flexibility index (Phi) is 5.60. The SMILES string of the molecule is CCCNC1COCC1C(=O)NC1CCCC1CO. The summed E-state index contributed by atoms with van der Waals surface area (Å²) in [7, 11) is 0. The molecule has 5 heteroatoms. The minimum absolute atomic E-state index is 0.0800. The number of aliphatic hydroxyl groups excluding tert-OH is 1. The predicted molar refractivity (Wildman–Crippen MR) is 72.7 cm³/mol. The van der Waals surface area contributed by atoms with E-state index in [-0.39, 0.29) is 36.4 Å². The first-order valence-corrected chi connectivity index (χ1v) is 7.48. The summed E-state index contributed by atoms with van der Waals surface area (Å²) in [5.41, 5.74) is 0. The van der Waals surface area contributed by atoms with E-state index in [1.807, 2.05) is 0 Å². The number of ether oxygens (including phenoxy) is 1.